The lowest BCUT2D eigenvalue weighted by atomic mass is 10.00. The molecule has 23 heavy (non-hydrogen) atoms. The fraction of sp³-hybridized carbons (Fsp3) is 0.600. The molecule has 5 nitrogen and oxygen atoms in total. The summed E-state index contributed by atoms with van der Waals surface area (Å²) in [6, 6.07) is 3.26. The molecule has 0 aliphatic carbocycles. The van der Waals surface area contributed by atoms with Crippen molar-refractivity contribution in [1.82, 2.24) is 9.88 Å². The molecule has 1 fully saturated rings. The molecular formula is C15H21F3N4O. The number of hydrogen-bond acceptors (Lipinski definition) is 3. The van der Waals surface area contributed by atoms with Crippen LogP contribution in [0.15, 0.2) is 23.3 Å². The quantitative estimate of drug-likeness (QED) is 0.681. The average molecular weight is 330 g/mol. The second-order valence-corrected chi connectivity index (χ2v) is 5.72. The van der Waals surface area contributed by atoms with Crippen LogP contribution < -0.4 is 10.5 Å². The maximum absolute atomic E-state index is 12.3. The number of alkyl halides is 3. The predicted octanol–water partition coefficient (Wildman–Crippen LogP) is 2.57. The van der Waals surface area contributed by atoms with E-state index in [0.29, 0.717) is 17.4 Å². The van der Waals surface area contributed by atoms with Crippen LogP contribution >= 0.6 is 0 Å². The second-order valence-electron chi connectivity index (χ2n) is 5.72. The van der Waals surface area contributed by atoms with E-state index in [1.54, 1.807) is 12.1 Å². The van der Waals surface area contributed by atoms with Crippen molar-refractivity contribution in [2.45, 2.75) is 32.5 Å². The van der Waals surface area contributed by atoms with Gasteiger partial charge in [-0.2, -0.15) is 13.2 Å². The fourth-order valence-electron chi connectivity index (χ4n) is 2.33. The van der Waals surface area contributed by atoms with Gasteiger partial charge in [0.25, 0.3) is 0 Å². The zero-order valence-corrected chi connectivity index (χ0v) is 13.0. The number of nitrogens with zero attached hydrogens (tertiary/aromatic N) is 3. The summed E-state index contributed by atoms with van der Waals surface area (Å²) in [5.41, 5.74) is 6.45. The van der Waals surface area contributed by atoms with Gasteiger partial charge >= 0.3 is 6.18 Å². The molecule has 8 heteroatoms. The van der Waals surface area contributed by atoms with Crippen LogP contribution in [0.3, 0.4) is 0 Å². The van der Waals surface area contributed by atoms with Crippen LogP contribution in [0.5, 0.6) is 5.88 Å². The number of pyridine rings is 1. The molecule has 1 aromatic heterocycles. The molecule has 0 saturated carbocycles. The summed E-state index contributed by atoms with van der Waals surface area (Å²) in [6.07, 6.45) is -0.901. The van der Waals surface area contributed by atoms with Crippen molar-refractivity contribution in [1.29, 1.82) is 0 Å². The largest absolute Gasteiger partial charge is 0.468 e. The summed E-state index contributed by atoms with van der Waals surface area (Å²) in [5.74, 6) is 1.02. The molecule has 0 radical (unpaired) electrons. The van der Waals surface area contributed by atoms with Gasteiger partial charge in [0.1, 0.15) is 0 Å². The van der Waals surface area contributed by atoms with Crippen LogP contribution in [0.2, 0.25) is 0 Å². The summed E-state index contributed by atoms with van der Waals surface area (Å²) in [4.78, 5) is 10.1. The molecule has 0 aromatic carbocycles. The van der Waals surface area contributed by atoms with Crippen LogP contribution in [0.25, 0.3) is 0 Å². The third-order valence-corrected chi connectivity index (χ3v) is 3.74. The molecule has 0 atom stereocenters. The predicted molar refractivity (Wildman–Crippen MR) is 81.1 cm³/mol. The summed E-state index contributed by atoms with van der Waals surface area (Å²) in [7, 11) is 0. The van der Waals surface area contributed by atoms with E-state index in [4.69, 9.17) is 10.5 Å². The molecule has 2 rings (SSSR count). The van der Waals surface area contributed by atoms with Crippen molar-refractivity contribution in [3.63, 3.8) is 0 Å². The van der Waals surface area contributed by atoms with Gasteiger partial charge in [0.2, 0.25) is 5.88 Å². The highest BCUT2D eigenvalue weighted by Crippen LogP contribution is 2.21. The molecule has 2 N–H and O–H groups in total. The van der Waals surface area contributed by atoms with E-state index in [1.807, 2.05) is 4.90 Å². The molecule has 1 aliphatic heterocycles. The second kappa shape index (κ2) is 7.52. The molecule has 1 aromatic rings. The van der Waals surface area contributed by atoms with E-state index >= 15 is 0 Å². The Hall–Kier alpha value is -1.99. The number of ether oxygens (including phenoxy) is 1. The molecule has 128 valence electrons. The third kappa shape index (κ3) is 5.61. The Labute approximate surface area is 133 Å². The minimum Gasteiger partial charge on any atom is -0.468 e. The first-order valence-corrected chi connectivity index (χ1v) is 7.53. The van der Waals surface area contributed by atoms with Gasteiger partial charge in [0.05, 0.1) is 6.54 Å². The molecule has 1 aliphatic rings. The molecule has 0 bridgehead atoms. The van der Waals surface area contributed by atoms with Gasteiger partial charge in [-0.05, 0) is 24.8 Å². The Morgan fingerprint density at radius 2 is 2.13 bits per heavy atom. The van der Waals surface area contributed by atoms with Gasteiger partial charge in [0, 0.05) is 24.8 Å². The van der Waals surface area contributed by atoms with Gasteiger partial charge in [-0.25, -0.2) is 9.98 Å². The topological polar surface area (TPSA) is 63.7 Å². The van der Waals surface area contributed by atoms with Crippen LogP contribution in [0.1, 0.15) is 25.3 Å². The molecule has 0 amide bonds. The number of hydrogen-bond donors (Lipinski definition) is 1. The maximum Gasteiger partial charge on any atom is 0.422 e. The highest BCUT2D eigenvalue weighted by Gasteiger charge is 2.29. The van der Waals surface area contributed by atoms with Crippen LogP contribution in [-0.4, -0.2) is 41.7 Å². The zero-order valence-electron chi connectivity index (χ0n) is 13.0. The molecule has 0 unspecified atom stereocenters. The van der Waals surface area contributed by atoms with Gasteiger partial charge in [0.15, 0.2) is 12.6 Å². The highest BCUT2D eigenvalue weighted by atomic mass is 19.4. The fourth-order valence-corrected chi connectivity index (χ4v) is 2.33. The number of halogens is 3. The van der Waals surface area contributed by atoms with Crippen LogP contribution in [0, 0.1) is 5.92 Å². The van der Waals surface area contributed by atoms with E-state index in [9.17, 15) is 13.2 Å². The lowest BCUT2D eigenvalue weighted by Gasteiger charge is -2.31. The molecule has 2 heterocycles. The van der Waals surface area contributed by atoms with E-state index in [2.05, 4.69) is 16.9 Å². The number of guanidine groups is 1. The van der Waals surface area contributed by atoms with Gasteiger partial charge in [-0.3, -0.25) is 0 Å². The minimum atomic E-state index is -4.40. The van der Waals surface area contributed by atoms with Crippen molar-refractivity contribution in [3.05, 3.63) is 23.9 Å². The van der Waals surface area contributed by atoms with Crippen molar-refractivity contribution in [2.24, 2.45) is 16.6 Å². The molecular weight excluding hydrogens is 309 g/mol. The normalized spacial score (nSPS) is 17.4. The molecule has 0 spiro atoms. The number of aliphatic imine (C=N–C) groups is 1. The number of nitrogens with two attached hydrogens (primary N) is 1. The van der Waals surface area contributed by atoms with E-state index in [-0.39, 0.29) is 12.4 Å². The van der Waals surface area contributed by atoms with Gasteiger partial charge in [-0.15, -0.1) is 0 Å². The first-order chi connectivity index (χ1) is 10.8. The lowest BCUT2D eigenvalue weighted by Crippen LogP contribution is -2.42. The highest BCUT2D eigenvalue weighted by molar-refractivity contribution is 5.78. The Morgan fingerprint density at radius 3 is 2.78 bits per heavy atom. The van der Waals surface area contributed by atoms with Gasteiger partial charge < -0.3 is 15.4 Å². The zero-order chi connectivity index (χ0) is 16.9. The number of piperidine rings is 1. The van der Waals surface area contributed by atoms with Gasteiger partial charge in [-0.1, -0.05) is 13.0 Å². The third-order valence-electron chi connectivity index (χ3n) is 3.74. The summed E-state index contributed by atoms with van der Waals surface area (Å²) in [5, 5.41) is 0. The van der Waals surface area contributed by atoms with Crippen LogP contribution in [-0.2, 0) is 6.54 Å². The van der Waals surface area contributed by atoms with Crippen LogP contribution in [0.4, 0.5) is 13.2 Å². The Balaban J connectivity index is 1.98. The summed E-state index contributed by atoms with van der Waals surface area (Å²) < 4.78 is 41.5. The SMILES string of the molecule is CC1CCN(C(N)=NCc2cccnc2OCC(F)(F)F)CC1. The monoisotopic (exact) mass is 330 g/mol. The molecule has 1 saturated heterocycles. The van der Waals surface area contributed by atoms with E-state index in [1.165, 1.54) is 6.20 Å². The Bertz CT molecular complexity index is 540. The van der Waals surface area contributed by atoms with Crippen molar-refractivity contribution < 1.29 is 17.9 Å². The summed E-state index contributed by atoms with van der Waals surface area (Å²) >= 11 is 0. The number of rotatable bonds is 4. The Kier molecular flexibility index (Phi) is 5.68. The summed E-state index contributed by atoms with van der Waals surface area (Å²) in [6.45, 7) is 2.66. The van der Waals surface area contributed by atoms with Crippen molar-refractivity contribution >= 4 is 5.96 Å². The number of likely N-dealkylation sites (tertiary alicyclic amines) is 1. The van der Waals surface area contributed by atoms with Crippen molar-refractivity contribution in [3.8, 4) is 5.88 Å². The first-order valence-electron chi connectivity index (χ1n) is 7.53. The average Bonchev–Trinajstić information content (AvgIpc) is 2.51. The first kappa shape index (κ1) is 17.4. The Morgan fingerprint density at radius 1 is 1.43 bits per heavy atom. The maximum atomic E-state index is 12.3. The standard InChI is InChI=1S/C15H21F3N4O/c1-11-4-7-22(8-5-11)14(19)21-9-12-3-2-6-20-13(12)23-10-15(16,17)18/h2-3,6,11H,4-5,7-10H2,1H3,(H2,19,21). The van der Waals surface area contributed by atoms with E-state index in [0.717, 1.165) is 25.9 Å². The minimum absolute atomic E-state index is 0.0614. The van der Waals surface area contributed by atoms with E-state index < -0.39 is 12.8 Å². The lowest BCUT2D eigenvalue weighted by molar-refractivity contribution is -0.154. The van der Waals surface area contributed by atoms with Crippen molar-refractivity contribution in [2.75, 3.05) is 19.7 Å². The smallest absolute Gasteiger partial charge is 0.422 e. The number of aromatic nitrogens is 1.